The summed E-state index contributed by atoms with van der Waals surface area (Å²) in [6, 6.07) is 12.5. The molecule has 31 heavy (non-hydrogen) atoms. The van der Waals surface area contributed by atoms with Crippen molar-refractivity contribution in [2.75, 3.05) is 0 Å². The first-order chi connectivity index (χ1) is 14.7. The van der Waals surface area contributed by atoms with Gasteiger partial charge in [0, 0.05) is 23.3 Å². The second-order valence-electron chi connectivity index (χ2n) is 7.51. The fourth-order valence-electron chi connectivity index (χ4n) is 3.41. The molecule has 1 aliphatic rings. The number of carbonyl (C=O) groups is 1. The molecule has 1 N–H and O–H groups in total. The zero-order chi connectivity index (χ0) is 22.2. The number of halogens is 4. The van der Waals surface area contributed by atoms with E-state index in [0.717, 1.165) is 40.7 Å². The zero-order valence-corrected chi connectivity index (χ0v) is 17.9. The lowest BCUT2D eigenvalue weighted by Crippen LogP contribution is -2.32. The van der Waals surface area contributed by atoms with Crippen LogP contribution in [0.15, 0.2) is 64.0 Å². The summed E-state index contributed by atoms with van der Waals surface area (Å²) in [5, 5.41) is 2.59. The van der Waals surface area contributed by atoms with Crippen LogP contribution < -0.4 is 11.0 Å². The number of benzene rings is 2. The average molecular weight is 494 g/mol. The van der Waals surface area contributed by atoms with Crippen molar-refractivity contribution in [3.8, 4) is 11.3 Å². The number of alkyl halides is 3. The molecule has 0 spiro atoms. The highest BCUT2D eigenvalue weighted by molar-refractivity contribution is 9.10. The molecular formula is C22H19BrF3N3O2. The Balaban J connectivity index is 1.49. The van der Waals surface area contributed by atoms with Crippen LogP contribution in [0.25, 0.3) is 11.3 Å². The third-order valence-corrected chi connectivity index (χ3v) is 5.63. The van der Waals surface area contributed by atoms with E-state index in [4.69, 9.17) is 0 Å². The van der Waals surface area contributed by atoms with E-state index in [1.165, 1.54) is 16.7 Å². The lowest BCUT2D eigenvalue weighted by molar-refractivity contribution is -0.137. The van der Waals surface area contributed by atoms with Gasteiger partial charge in [0.2, 0.25) is 5.91 Å². The van der Waals surface area contributed by atoms with Crippen LogP contribution in [0.1, 0.15) is 30.0 Å². The first-order valence-corrected chi connectivity index (χ1v) is 10.5. The van der Waals surface area contributed by atoms with E-state index in [1.807, 2.05) is 24.3 Å². The number of hydrogen-bond donors (Lipinski definition) is 1. The second-order valence-corrected chi connectivity index (χ2v) is 8.42. The van der Waals surface area contributed by atoms with Gasteiger partial charge in [-0.25, -0.2) is 4.79 Å². The summed E-state index contributed by atoms with van der Waals surface area (Å²) >= 11 is 3.39. The van der Waals surface area contributed by atoms with Gasteiger partial charge in [-0.2, -0.15) is 13.2 Å². The van der Waals surface area contributed by atoms with E-state index in [9.17, 15) is 22.8 Å². The topological polar surface area (TPSA) is 56.0 Å². The Kier molecular flexibility index (Phi) is 5.79. The van der Waals surface area contributed by atoms with Crippen LogP contribution in [0.5, 0.6) is 0 Å². The largest absolute Gasteiger partial charge is 0.416 e. The van der Waals surface area contributed by atoms with E-state index in [2.05, 4.69) is 21.2 Å². The summed E-state index contributed by atoms with van der Waals surface area (Å²) in [5.74, 6) is -0.449. The molecule has 0 atom stereocenters. The standard InChI is InChI=1S/C22H19BrF3N3O2/c23-17-6-4-15(5-7-17)19-12-28(21(31)29(19)18-8-9-18)13-20(30)27-11-14-2-1-3-16(10-14)22(24,25)26/h1-7,10,12,18H,8-9,11,13H2,(H,27,30). The van der Waals surface area contributed by atoms with Gasteiger partial charge in [0.1, 0.15) is 6.54 Å². The maximum Gasteiger partial charge on any atom is 0.416 e. The lowest BCUT2D eigenvalue weighted by atomic mass is 10.1. The molecule has 0 saturated heterocycles. The van der Waals surface area contributed by atoms with Crippen molar-refractivity contribution < 1.29 is 18.0 Å². The predicted molar refractivity (Wildman–Crippen MR) is 113 cm³/mol. The van der Waals surface area contributed by atoms with E-state index in [1.54, 1.807) is 10.8 Å². The highest BCUT2D eigenvalue weighted by Crippen LogP contribution is 2.37. The molecule has 1 aromatic heterocycles. The molecule has 1 aliphatic carbocycles. The van der Waals surface area contributed by atoms with Gasteiger partial charge in [-0.15, -0.1) is 0 Å². The minimum absolute atomic E-state index is 0.0552. The minimum Gasteiger partial charge on any atom is -0.350 e. The third-order valence-electron chi connectivity index (χ3n) is 5.10. The van der Waals surface area contributed by atoms with Crippen LogP contribution in [0.3, 0.4) is 0 Å². The summed E-state index contributed by atoms with van der Waals surface area (Å²) in [6.45, 7) is -0.262. The molecule has 1 saturated carbocycles. The smallest absolute Gasteiger partial charge is 0.350 e. The molecule has 0 unspecified atom stereocenters. The van der Waals surface area contributed by atoms with Crippen molar-refractivity contribution >= 4 is 21.8 Å². The van der Waals surface area contributed by atoms with Gasteiger partial charge in [0.15, 0.2) is 0 Å². The van der Waals surface area contributed by atoms with Gasteiger partial charge in [-0.3, -0.25) is 13.9 Å². The van der Waals surface area contributed by atoms with Crippen molar-refractivity contribution in [3.05, 3.63) is 80.8 Å². The molecule has 1 fully saturated rings. The monoisotopic (exact) mass is 493 g/mol. The van der Waals surface area contributed by atoms with Gasteiger partial charge >= 0.3 is 11.9 Å². The van der Waals surface area contributed by atoms with Crippen LogP contribution in [0, 0.1) is 0 Å². The maximum absolute atomic E-state index is 12.9. The Morgan fingerprint density at radius 1 is 1.13 bits per heavy atom. The fraction of sp³-hybridized carbons (Fsp3) is 0.273. The van der Waals surface area contributed by atoms with Crippen LogP contribution in [-0.4, -0.2) is 15.0 Å². The van der Waals surface area contributed by atoms with Crippen molar-refractivity contribution in [2.24, 2.45) is 0 Å². The summed E-state index contributed by atoms with van der Waals surface area (Å²) in [7, 11) is 0. The maximum atomic E-state index is 12.9. The van der Waals surface area contributed by atoms with Gasteiger partial charge < -0.3 is 5.32 Å². The number of aromatic nitrogens is 2. The van der Waals surface area contributed by atoms with E-state index in [-0.39, 0.29) is 24.8 Å². The van der Waals surface area contributed by atoms with Gasteiger partial charge in [-0.05, 0) is 48.2 Å². The number of hydrogen-bond acceptors (Lipinski definition) is 2. The normalized spacial score (nSPS) is 13.9. The minimum atomic E-state index is -4.44. The molecular weight excluding hydrogens is 475 g/mol. The number of amides is 1. The molecule has 1 amide bonds. The van der Waals surface area contributed by atoms with E-state index < -0.39 is 17.6 Å². The first-order valence-electron chi connectivity index (χ1n) is 9.73. The molecule has 0 radical (unpaired) electrons. The van der Waals surface area contributed by atoms with Crippen LogP contribution in [0.4, 0.5) is 13.2 Å². The Bertz CT molecular complexity index is 1160. The first kappa shape index (κ1) is 21.4. The quantitative estimate of drug-likeness (QED) is 0.538. The van der Waals surface area contributed by atoms with Crippen LogP contribution in [0.2, 0.25) is 0 Å². The van der Waals surface area contributed by atoms with Gasteiger partial charge in [0.05, 0.1) is 11.3 Å². The van der Waals surface area contributed by atoms with Gasteiger partial charge in [-0.1, -0.05) is 40.2 Å². The highest BCUT2D eigenvalue weighted by Gasteiger charge is 2.31. The predicted octanol–water partition coefficient (Wildman–Crippen LogP) is 4.75. The molecule has 0 aliphatic heterocycles. The Hall–Kier alpha value is -2.81. The second kappa shape index (κ2) is 8.37. The molecule has 0 bridgehead atoms. The SMILES string of the molecule is O=C(Cn1cc(-c2ccc(Br)cc2)n(C2CC2)c1=O)NCc1cccc(C(F)(F)F)c1. The highest BCUT2D eigenvalue weighted by atomic mass is 79.9. The summed E-state index contributed by atoms with van der Waals surface area (Å²) in [6.07, 6.45) is -0.958. The molecule has 4 rings (SSSR count). The zero-order valence-electron chi connectivity index (χ0n) is 16.3. The van der Waals surface area contributed by atoms with Gasteiger partial charge in [0.25, 0.3) is 0 Å². The number of carbonyl (C=O) groups excluding carboxylic acids is 1. The van der Waals surface area contributed by atoms with Crippen LogP contribution >= 0.6 is 15.9 Å². The number of nitrogens with one attached hydrogen (secondary N) is 1. The van der Waals surface area contributed by atoms with Crippen molar-refractivity contribution in [1.29, 1.82) is 0 Å². The molecule has 1 heterocycles. The van der Waals surface area contributed by atoms with Crippen molar-refractivity contribution in [3.63, 3.8) is 0 Å². The van der Waals surface area contributed by atoms with E-state index >= 15 is 0 Å². The Labute approximate surface area is 184 Å². The van der Waals surface area contributed by atoms with E-state index in [0.29, 0.717) is 5.56 Å². The average Bonchev–Trinajstić information content (AvgIpc) is 3.51. The lowest BCUT2D eigenvalue weighted by Gasteiger charge is -2.09. The number of imidazole rings is 1. The summed E-state index contributed by atoms with van der Waals surface area (Å²) < 4.78 is 42.5. The number of nitrogens with zero attached hydrogens (tertiary/aromatic N) is 2. The summed E-state index contributed by atoms with van der Waals surface area (Å²) in [5.41, 5.74) is 0.911. The molecule has 2 aromatic carbocycles. The van der Waals surface area contributed by atoms with Crippen molar-refractivity contribution in [2.45, 2.75) is 38.1 Å². The Morgan fingerprint density at radius 2 is 1.84 bits per heavy atom. The fourth-order valence-corrected chi connectivity index (χ4v) is 3.67. The molecule has 9 heteroatoms. The third kappa shape index (κ3) is 4.92. The molecule has 162 valence electrons. The molecule has 3 aromatic rings. The summed E-state index contributed by atoms with van der Waals surface area (Å²) in [4.78, 5) is 25.3. The van der Waals surface area contributed by atoms with Crippen LogP contribution in [-0.2, 0) is 24.1 Å². The Morgan fingerprint density at radius 3 is 2.48 bits per heavy atom. The molecule has 5 nitrogen and oxygen atoms in total. The number of rotatable bonds is 6. The van der Waals surface area contributed by atoms with Crippen molar-refractivity contribution in [1.82, 2.24) is 14.5 Å².